The van der Waals surface area contributed by atoms with Gasteiger partial charge in [0.15, 0.2) is 11.5 Å². The lowest BCUT2D eigenvalue weighted by atomic mass is 10.2. The number of fused-ring (bicyclic) bond motifs is 1. The van der Waals surface area contributed by atoms with E-state index in [1.807, 2.05) is 24.3 Å². The highest BCUT2D eigenvalue weighted by Crippen LogP contribution is 2.19. The van der Waals surface area contributed by atoms with Crippen LogP contribution < -0.4 is 5.32 Å². The monoisotopic (exact) mass is 228 g/mol. The Bertz CT molecular complexity index is 656. The lowest BCUT2D eigenvalue weighted by Gasteiger charge is -1.98. The van der Waals surface area contributed by atoms with Crippen LogP contribution in [-0.4, -0.2) is 31.5 Å². The number of nitrogens with one attached hydrogen (secondary N) is 3. The van der Waals surface area contributed by atoms with Crippen molar-refractivity contribution in [2.75, 3.05) is 5.32 Å². The highest BCUT2D eigenvalue weighted by atomic mass is 16.2. The molecule has 3 rings (SSSR count). The predicted octanol–water partition coefficient (Wildman–Crippen LogP) is 0.933. The van der Waals surface area contributed by atoms with Crippen molar-refractivity contribution in [2.45, 2.75) is 0 Å². The van der Waals surface area contributed by atoms with E-state index in [9.17, 15) is 4.79 Å². The van der Waals surface area contributed by atoms with Gasteiger partial charge in [-0.15, -0.1) is 0 Å². The Morgan fingerprint density at radius 2 is 2.12 bits per heavy atom. The zero-order valence-corrected chi connectivity index (χ0v) is 8.64. The maximum absolute atomic E-state index is 11.7. The van der Waals surface area contributed by atoms with Gasteiger partial charge in [0.1, 0.15) is 0 Å². The van der Waals surface area contributed by atoms with Gasteiger partial charge in [-0.2, -0.15) is 20.5 Å². The molecule has 7 nitrogen and oxygen atoms in total. The number of hydrogen-bond donors (Lipinski definition) is 3. The highest BCUT2D eigenvalue weighted by molar-refractivity contribution is 6.06. The number of nitrogens with zero attached hydrogens (tertiary/aromatic N) is 3. The topological polar surface area (TPSA) is 99.4 Å². The van der Waals surface area contributed by atoms with E-state index in [1.165, 1.54) is 6.20 Å². The number of carbonyl (C=O) groups is 1. The number of hydrogen-bond acceptors (Lipinski definition) is 4. The van der Waals surface area contributed by atoms with Crippen molar-refractivity contribution in [2.24, 2.45) is 0 Å². The van der Waals surface area contributed by atoms with Crippen LogP contribution in [0.4, 0.5) is 5.82 Å². The summed E-state index contributed by atoms with van der Waals surface area (Å²) in [6.45, 7) is 0. The third-order valence-electron chi connectivity index (χ3n) is 2.35. The summed E-state index contributed by atoms with van der Waals surface area (Å²) in [5.41, 5.74) is 1.08. The maximum Gasteiger partial charge on any atom is 0.279 e. The van der Waals surface area contributed by atoms with E-state index in [2.05, 4.69) is 30.9 Å². The molecule has 2 aromatic heterocycles. The minimum absolute atomic E-state index is 0.220. The molecule has 0 saturated heterocycles. The smallest absolute Gasteiger partial charge is 0.279 e. The molecule has 84 valence electrons. The summed E-state index contributed by atoms with van der Waals surface area (Å²) in [4.78, 5) is 11.7. The second kappa shape index (κ2) is 3.71. The first-order valence-electron chi connectivity index (χ1n) is 4.95. The van der Waals surface area contributed by atoms with Crippen molar-refractivity contribution in [1.82, 2.24) is 25.6 Å². The largest absolute Gasteiger partial charge is 0.303 e. The Labute approximate surface area is 95.2 Å². The number of para-hydroxylation sites is 1. The molecule has 0 radical (unpaired) electrons. The first-order valence-corrected chi connectivity index (χ1v) is 4.95. The summed E-state index contributed by atoms with van der Waals surface area (Å²) in [6, 6.07) is 7.53. The molecule has 0 saturated carbocycles. The fraction of sp³-hybridized carbons (Fsp3) is 0. The van der Waals surface area contributed by atoms with E-state index >= 15 is 0 Å². The molecule has 1 amide bonds. The van der Waals surface area contributed by atoms with Gasteiger partial charge in [-0.05, 0) is 12.1 Å². The van der Waals surface area contributed by atoms with Crippen molar-refractivity contribution in [3.63, 3.8) is 0 Å². The molecule has 3 aromatic rings. The highest BCUT2D eigenvalue weighted by Gasteiger charge is 2.12. The van der Waals surface area contributed by atoms with E-state index in [1.54, 1.807) is 0 Å². The first-order chi connectivity index (χ1) is 8.34. The molecular weight excluding hydrogens is 220 g/mol. The van der Waals surface area contributed by atoms with Crippen molar-refractivity contribution in [3.05, 3.63) is 36.2 Å². The van der Waals surface area contributed by atoms with Gasteiger partial charge in [0.2, 0.25) is 0 Å². The Hall–Kier alpha value is -2.70. The summed E-state index contributed by atoms with van der Waals surface area (Å²) < 4.78 is 0. The van der Waals surface area contributed by atoms with Gasteiger partial charge in [0, 0.05) is 5.39 Å². The summed E-state index contributed by atoms with van der Waals surface area (Å²) in [6.07, 6.45) is 1.35. The molecule has 17 heavy (non-hydrogen) atoms. The second-order valence-electron chi connectivity index (χ2n) is 3.43. The molecule has 0 bridgehead atoms. The van der Waals surface area contributed by atoms with Crippen LogP contribution in [0.2, 0.25) is 0 Å². The zero-order valence-electron chi connectivity index (χ0n) is 8.64. The van der Waals surface area contributed by atoms with E-state index in [4.69, 9.17) is 0 Å². The Balaban J connectivity index is 1.93. The molecule has 1 aromatic carbocycles. The van der Waals surface area contributed by atoms with Gasteiger partial charge < -0.3 is 5.32 Å². The van der Waals surface area contributed by atoms with Crippen LogP contribution in [-0.2, 0) is 0 Å². The SMILES string of the molecule is O=C(Nc1n[nH]c2ccccc12)c1cn[nH]n1. The molecule has 2 heterocycles. The third-order valence-corrected chi connectivity index (χ3v) is 2.35. The third kappa shape index (κ3) is 1.63. The molecule has 0 aliphatic rings. The fourth-order valence-electron chi connectivity index (χ4n) is 1.54. The van der Waals surface area contributed by atoms with Crippen LogP contribution in [0, 0.1) is 0 Å². The number of aromatic nitrogens is 5. The number of aromatic amines is 2. The van der Waals surface area contributed by atoms with E-state index in [0.29, 0.717) is 5.82 Å². The number of carbonyl (C=O) groups excluding carboxylic acids is 1. The maximum atomic E-state index is 11.7. The molecule has 3 N–H and O–H groups in total. The standard InChI is InChI=1S/C10H8N6O/c17-10(8-5-11-16-14-8)12-9-6-3-1-2-4-7(6)13-15-9/h1-5H,(H,11,14,16)(H2,12,13,15,17). The molecule has 7 heteroatoms. The van der Waals surface area contributed by atoms with Gasteiger partial charge >= 0.3 is 0 Å². The summed E-state index contributed by atoms with van der Waals surface area (Å²) in [5, 5.41) is 20.0. The average molecular weight is 228 g/mol. The fourth-order valence-corrected chi connectivity index (χ4v) is 1.54. The van der Waals surface area contributed by atoms with Crippen molar-refractivity contribution >= 4 is 22.6 Å². The Kier molecular flexibility index (Phi) is 2.08. The average Bonchev–Trinajstić information content (AvgIpc) is 2.98. The molecule has 0 aliphatic carbocycles. The van der Waals surface area contributed by atoms with E-state index in [0.717, 1.165) is 10.9 Å². The van der Waals surface area contributed by atoms with Crippen LogP contribution in [0.15, 0.2) is 30.5 Å². The van der Waals surface area contributed by atoms with Crippen molar-refractivity contribution in [1.29, 1.82) is 0 Å². The number of anilines is 1. The van der Waals surface area contributed by atoms with Crippen molar-refractivity contribution in [3.8, 4) is 0 Å². The van der Waals surface area contributed by atoms with Crippen LogP contribution in [0.1, 0.15) is 10.5 Å². The number of H-pyrrole nitrogens is 2. The molecule has 0 aliphatic heterocycles. The summed E-state index contributed by atoms with van der Waals surface area (Å²) >= 11 is 0. The van der Waals surface area contributed by atoms with Crippen molar-refractivity contribution < 1.29 is 4.79 Å². The summed E-state index contributed by atoms with van der Waals surface area (Å²) in [7, 11) is 0. The second-order valence-corrected chi connectivity index (χ2v) is 3.43. The Morgan fingerprint density at radius 1 is 1.24 bits per heavy atom. The first kappa shape index (κ1) is 9.52. The van der Waals surface area contributed by atoms with E-state index < -0.39 is 0 Å². The van der Waals surface area contributed by atoms with Crippen LogP contribution in [0.5, 0.6) is 0 Å². The van der Waals surface area contributed by atoms with Gasteiger partial charge in [-0.25, -0.2) is 0 Å². The van der Waals surface area contributed by atoms with Crippen LogP contribution in [0.25, 0.3) is 10.9 Å². The minimum Gasteiger partial charge on any atom is -0.303 e. The minimum atomic E-state index is -0.351. The van der Waals surface area contributed by atoms with Gasteiger partial charge in [-0.1, -0.05) is 12.1 Å². The van der Waals surface area contributed by atoms with Gasteiger partial charge in [0.05, 0.1) is 11.7 Å². The molecule has 0 fully saturated rings. The normalized spacial score (nSPS) is 10.6. The lowest BCUT2D eigenvalue weighted by Crippen LogP contribution is -2.12. The van der Waals surface area contributed by atoms with Gasteiger partial charge in [-0.3, -0.25) is 9.89 Å². The molecule has 0 spiro atoms. The number of amides is 1. The van der Waals surface area contributed by atoms with Gasteiger partial charge in [0.25, 0.3) is 5.91 Å². The quantitative estimate of drug-likeness (QED) is 0.607. The van der Waals surface area contributed by atoms with Crippen LogP contribution >= 0.6 is 0 Å². The number of benzene rings is 1. The number of rotatable bonds is 2. The molecule has 0 unspecified atom stereocenters. The lowest BCUT2D eigenvalue weighted by molar-refractivity contribution is 0.102. The molecular formula is C10H8N6O. The zero-order chi connectivity index (χ0) is 11.7. The predicted molar refractivity (Wildman–Crippen MR) is 60.4 cm³/mol. The van der Waals surface area contributed by atoms with Crippen LogP contribution in [0.3, 0.4) is 0 Å². The van der Waals surface area contributed by atoms with E-state index in [-0.39, 0.29) is 11.6 Å². The summed E-state index contributed by atoms with van der Waals surface area (Å²) in [5.74, 6) is 0.129. The molecule has 0 atom stereocenters. The Morgan fingerprint density at radius 3 is 2.94 bits per heavy atom.